The van der Waals surface area contributed by atoms with Crippen molar-refractivity contribution in [1.29, 1.82) is 0 Å². The van der Waals surface area contributed by atoms with E-state index in [1.54, 1.807) is 42.2 Å². The zero-order valence-corrected chi connectivity index (χ0v) is 17.6. The van der Waals surface area contributed by atoms with Crippen LogP contribution in [0.4, 0.5) is 14.9 Å². The number of nitrogens with one attached hydrogen (secondary N) is 1. The van der Waals surface area contributed by atoms with Gasteiger partial charge in [-0.2, -0.15) is 0 Å². The predicted molar refractivity (Wildman–Crippen MR) is 117 cm³/mol. The van der Waals surface area contributed by atoms with Crippen LogP contribution in [0, 0.1) is 5.82 Å². The van der Waals surface area contributed by atoms with Crippen LogP contribution in [0.5, 0.6) is 5.75 Å². The largest absolute Gasteiger partial charge is 0.481 e. The minimum absolute atomic E-state index is 0.165. The maximum absolute atomic E-state index is 13.2. The van der Waals surface area contributed by atoms with Crippen molar-refractivity contribution in [2.24, 2.45) is 0 Å². The summed E-state index contributed by atoms with van der Waals surface area (Å²) in [4.78, 5) is 26.7. The second-order valence-corrected chi connectivity index (χ2v) is 7.59. The Morgan fingerprint density at radius 2 is 1.84 bits per heavy atom. The van der Waals surface area contributed by atoms with Gasteiger partial charge >= 0.3 is 6.09 Å². The molecule has 0 bridgehead atoms. The van der Waals surface area contributed by atoms with E-state index in [0.717, 1.165) is 16.7 Å². The van der Waals surface area contributed by atoms with Crippen LogP contribution < -0.4 is 10.1 Å². The molecule has 1 heterocycles. The van der Waals surface area contributed by atoms with Gasteiger partial charge in [-0.1, -0.05) is 42.5 Å². The highest BCUT2D eigenvalue weighted by Gasteiger charge is 2.28. The summed E-state index contributed by atoms with van der Waals surface area (Å²) in [5.41, 5.74) is 3.00. The van der Waals surface area contributed by atoms with Crippen LogP contribution in [-0.4, -0.2) is 23.0 Å². The van der Waals surface area contributed by atoms with E-state index in [-0.39, 0.29) is 18.3 Å². The number of amides is 2. The lowest BCUT2D eigenvalue weighted by Gasteiger charge is -2.22. The summed E-state index contributed by atoms with van der Waals surface area (Å²) < 4.78 is 24.3. The van der Waals surface area contributed by atoms with Crippen molar-refractivity contribution in [3.8, 4) is 5.75 Å². The number of rotatable bonds is 5. The SMILES string of the molecule is C[C@@H]1Oc2ccc(NC(=O)OCc3ccccc3)cc2CN(Cc2ccc(F)cc2)C1=O. The molecule has 3 aromatic rings. The number of halogens is 1. The van der Waals surface area contributed by atoms with Gasteiger partial charge in [-0.05, 0) is 48.4 Å². The molecule has 0 saturated heterocycles. The zero-order chi connectivity index (χ0) is 22.5. The maximum atomic E-state index is 13.2. The third kappa shape index (κ3) is 5.24. The second-order valence-electron chi connectivity index (χ2n) is 7.59. The second kappa shape index (κ2) is 9.51. The zero-order valence-electron chi connectivity index (χ0n) is 17.6. The number of hydrogen-bond donors (Lipinski definition) is 1. The van der Waals surface area contributed by atoms with E-state index in [0.29, 0.717) is 24.5 Å². The Balaban J connectivity index is 1.46. The molecule has 4 rings (SSSR count). The highest BCUT2D eigenvalue weighted by Crippen LogP contribution is 2.29. The normalized spacial score (nSPS) is 15.4. The number of carbonyl (C=O) groups excluding carboxylic acids is 2. The summed E-state index contributed by atoms with van der Waals surface area (Å²) in [6, 6.07) is 20.6. The molecule has 6 nitrogen and oxygen atoms in total. The monoisotopic (exact) mass is 434 g/mol. The van der Waals surface area contributed by atoms with E-state index >= 15 is 0 Å². The highest BCUT2D eigenvalue weighted by atomic mass is 19.1. The van der Waals surface area contributed by atoms with Gasteiger partial charge in [-0.15, -0.1) is 0 Å². The summed E-state index contributed by atoms with van der Waals surface area (Å²) in [5, 5.41) is 2.71. The molecule has 0 saturated carbocycles. The molecular formula is C25H23FN2O4. The molecule has 0 unspecified atom stereocenters. The van der Waals surface area contributed by atoms with Crippen molar-refractivity contribution < 1.29 is 23.5 Å². The molecule has 7 heteroatoms. The summed E-state index contributed by atoms with van der Waals surface area (Å²) >= 11 is 0. The predicted octanol–water partition coefficient (Wildman–Crippen LogP) is 4.88. The summed E-state index contributed by atoms with van der Waals surface area (Å²) in [6.45, 7) is 2.48. The minimum Gasteiger partial charge on any atom is -0.481 e. The van der Waals surface area contributed by atoms with Gasteiger partial charge in [0, 0.05) is 24.3 Å². The average Bonchev–Trinajstić information content (AvgIpc) is 2.91. The van der Waals surface area contributed by atoms with Crippen LogP contribution in [0.15, 0.2) is 72.8 Å². The molecule has 0 aromatic heterocycles. The summed E-state index contributed by atoms with van der Waals surface area (Å²) in [7, 11) is 0. The number of carbonyl (C=O) groups is 2. The van der Waals surface area contributed by atoms with Crippen molar-refractivity contribution in [2.45, 2.75) is 32.7 Å². The number of benzene rings is 3. The maximum Gasteiger partial charge on any atom is 0.411 e. The van der Waals surface area contributed by atoms with Gasteiger partial charge in [0.1, 0.15) is 18.2 Å². The Labute approximate surface area is 185 Å². The summed E-state index contributed by atoms with van der Waals surface area (Å²) in [5.74, 6) is 0.0887. The molecular weight excluding hydrogens is 411 g/mol. The molecule has 1 aliphatic rings. The topological polar surface area (TPSA) is 67.9 Å². The van der Waals surface area contributed by atoms with E-state index in [1.807, 2.05) is 30.3 Å². The van der Waals surface area contributed by atoms with Gasteiger partial charge in [0.05, 0.1) is 0 Å². The first-order valence-corrected chi connectivity index (χ1v) is 10.3. The third-order valence-corrected chi connectivity index (χ3v) is 5.13. The Bertz CT molecular complexity index is 1100. The van der Waals surface area contributed by atoms with E-state index in [2.05, 4.69) is 5.32 Å². The molecule has 2 amide bonds. The minimum atomic E-state index is -0.661. The Hall–Kier alpha value is -3.87. The number of fused-ring (bicyclic) bond motifs is 1. The van der Waals surface area contributed by atoms with Crippen molar-refractivity contribution in [2.75, 3.05) is 5.32 Å². The van der Waals surface area contributed by atoms with E-state index in [4.69, 9.17) is 9.47 Å². The van der Waals surface area contributed by atoms with E-state index in [9.17, 15) is 14.0 Å². The van der Waals surface area contributed by atoms with Crippen LogP contribution in [0.3, 0.4) is 0 Å². The molecule has 0 fully saturated rings. The molecule has 1 aliphatic heterocycles. The van der Waals surface area contributed by atoms with E-state index < -0.39 is 12.2 Å². The summed E-state index contributed by atoms with van der Waals surface area (Å²) in [6.07, 6.45) is -1.23. The molecule has 0 radical (unpaired) electrons. The van der Waals surface area contributed by atoms with Crippen molar-refractivity contribution in [1.82, 2.24) is 4.90 Å². The first kappa shape index (κ1) is 21.4. The number of ether oxygens (including phenoxy) is 2. The lowest BCUT2D eigenvalue weighted by atomic mass is 10.1. The Morgan fingerprint density at radius 3 is 2.59 bits per heavy atom. The van der Waals surface area contributed by atoms with Crippen molar-refractivity contribution in [3.63, 3.8) is 0 Å². The lowest BCUT2D eigenvalue weighted by molar-refractivity contribution is -0.138. The van der Waals surface area contributed by atoms with Crippen molar-refractivity contribution in [3.05, 3.63) is 95.3 Å². The van der Waals surface area contributed by atoms with Crippen LogP contribution in [-0.2, 0) is 29.2 Å². The standard InChI is InChI=1S/C25H23FN2O4/c1-17-24(29)28(14-18-7-9-21(26)10-8-18)15-20-13-22(11-12-23(20)32-17)27-25(30)31-16-19-5-3-2-4-6-19/h2-13,17H,14-16H2,1H3,(H,27,30)/t17-/m0/s1. The first-order valence-electron chi connectivity index (χ1n) is 10.3. The average molecular weight is 434 g/mol. The van der Waals surface area contributed by atoms with Gasteiger partial charge in [0.2, 0.25) is 0 Å². The molecule has 32 heavy (non-hydrogen) atoms. The fraction of sp³-hybridized carbons (Fsp3) is 0.200. The van der Waals surface area contributed by atoms with Gasteiger partial charge in [0.15, 0.2) is 6.10 Å². The van der Waals surface area contributed by atoms with Crippen LogP contribution in [0.2, 0.25) is 0 Å². The van der Waals surface area contributed by atoms with Crippen LogP contribution >= 0.6 is 0 Å². The fourth-order valence-electron chi connectivity index (χ4n) is 3.50. The van der Waals surface area contributed by atoms with Crippen LogP contribution in [0.1, 0.15) is 23.6 Å². The smallest absolute Gasteiger partial charge is 0.411 e. The molecule has 0 aliphatic carbocycles. The third-order valence-electron chi connectivity index (χ3n) is 5.13. The molecule has 164 valence electrons. The fourth-order valence-corrected chi connectivity index (χ4v) is 3.50. The van der Waals surface area contributed by atoms with Crippen molar-refractivity contribution >= 4 is 17.7 Å². The van der Waals surface area contributed by atoms with Gasteiger partial charge in [0.25, 0.3) is 5.91 Å². The number of nitrogens with zero attached hydrogens (tertiary/aromatic N) is 1. The highest BCUT2D eigenvalue weighted by molar-refractivity contribution is 5.85. The molecule has 1 atom stereocenters. The molecule has 0 spiro atoms. The number of hydrogen-bond acceptors (Lipinski definition) is 4. The Morgan fingerprint density at radius 1 is 1.09 bits per heavy atom. The van der Waals surface area contributed by atoms with Crippen LogP contribution in [0.25, 0.3) is 0 Å². The lowest BCUT2D eigenvalue weighted by Crippen LogP contribution is -2.37. The van der Waals surface area contributed by atoms with E-state index in [1.165, 1.54) is 12.1 Å². The first-order chi connectivity index (χ1) is 15.5. The molecule has 3 aromatic carbocycles. The van der Waals surface area contributed by atoms with Gasteiger partial charge in [-0.25, -0.2) is 9.18 Å². The van der Waals surface area contributed by atoms with Gasteiger partial charge in [-0.3, -0.25) is 10.1 Å². The molecule has 1 N–H and O–H groups in total. The quantitative estimate of drug-likeness (QED) is 0.621. The van der Waals surface area contributed by atoms with Gasteiger partial charge < -0.3 is 14.4 Å². The Kier molecular flexibility index (Phi) is 6.35. The number of anilines is 1.